The Morgan fingerprint density at radius 1 is 1.15 bits per heavy atom. The normalized spacial score (nSPS) is 17.8. The molecule has 0 aromatic heterocycles. The Morgan fingerprint density at radius 3 is 2.62 bits per heavy atom. The summed E-state index contributed by atoms with van der Waals surface area (Å²) in [6, 6.07) is 16.0. The number of rotatable bonds is 6. The molecule has 0 N–H and O–H groups in total. The van der Waals surface area contributed by atoms with E-state index in [0.717, 1.165) is 41.3 Å². The molecule has 2 aromatic rings. The first kappa shape index (κ1) is 18.6. The van der Waals surface area contributed by atoms with E-state index in [4.69, 9.17) is 9.47 Å². The maximum absolute atomic E-state index is 13.1. The highest BCUT2D eigenvalue weighted by Gasteiger charge is 2.34. The fourth-order valence-electron chi connectivity index (χ4n) is 3.43. The quantitative estimate of drug-likeness (QED) is 0.699. The summed E-state index contributed by atoms with van der Waals surface area (Å²) < 4.78 is 10.9. The second kappa shape index (κ2) is 8.49. The summed E-state index contributed by atoms with van der Waals surface area (Å²) in [5.74, 6) is 1.71. The van der Waals surface area contributed by atoms with Gasteiger partial charge < -0.3 is 14.4 Å². The number of nitrogens with zero attached hydrogens (tertiary/aromatic N) is 1. The van der Waals surface area contributed by atoms with Gasteiger partial charge in [0.2, 0.25) is 5.91 Å². The Kier molecular flexibility index (Phi) is 6.09. The Bertz CT molecular complexity index is 750. The molecule has 1 aliphatic heterocycles. The minimum Gasteiger partial charge on any atom is -0.497 e. The van der Waals surface area contributed by atoms with E-state index in [-0.39, 0.29) is 17.2 Å². The van der Waals surface area contributed by atoms with Gasteiger partial charge in [0.1, 0.15) is 11.5 Å². The summed E-state index contributed by atoms with van der Waals surface area (Å²) in [6.07, 6.45) is 1.96. The lowest BCUT2D eigenvalue weighted by Gasteiger charge is -2.28. The summed E-state index contributed by atoms with van der Waals surface area (Å²) >= 11 is 1.61. The number of hydrogen-bond acceptors (Lipinski definition) is 4. The second-order valence-electron chi connectivity index (χ2n) is 6.37. The van der Waals surface area contributed by atoms with Crippen molar-refractivity contribution >= 4 is 17.7 Å². The molecule has 1 amide bonds. The number of likely N-dealkylation sites (tertiary alicyclic amines) is 1. The zero-order valence-electron chi connectivity index (χ0n) is 15.5. The van der Waals surface area contributed by atoms with Crippen molar-refractivity contribution in [2.24, 2.45) is 0 Å². The average Bonchev–Trinajstić information content (AvgIpc) is 3.17. The molecular weight excluding hydrogens is 346 g/mol. The molecule has 4 nitrogen and oxygen atoms in total. The molecule has 3 rings (SSSR count). The average molecular weight is 372 g/mol. The molecule has 0 bridgehead atoms. The smallest absolute Gasteiger partial charge is 0.236 e. The standard InChI is InChI=1S/C21H25NO3S/c1-15(26-17-8-5-4-6-9-17)21(23)22-13-7-10-19(22)18-12-11-16(24-2)14-20(18)25-3/h4-6,8-9,11-12,14-15,19H,7,10,13H2,1-3H3. The van der Waals surface area contributed by atoms with E-state index in [0.29, 0.717) is 0 Å². The van der Waals surface area contributed by atoms with Gasteiger partial charge in [0, 0.05) is 23.1 Å². The molecule has 1 fully saturated rings. The second-order valence-corrected chi connectivity index (χ2v) is 7.78. The van der Waals surface area contributed by atoms with Gasteiger partial charge in [-0.25, -0.2) is 0 Å². The van der Waals surface area contributed by atoms with Crippen LogP contribution in [0, 0.1) is 0 Å². The molecule has 0 aliphatic carbocycles. The fourth-order valence-corrected chi connectivity index (χ4v) is 4.39. The first-order valence-electron chi connectivity index (χ1n) is 8.88. The summed E-state index contributed by atoms with van der Waals surface area (Å²) in [5, 5.41) is -0.123. The van der Waals surface area contributed by atoms with Crippen LogP contribution in [0.25, 0.3) is 0 Å². The fraction of sp³-hybridized carbons (Fsp3) is 0.381. The number of methoxy groups -OCH3 is 2. The van der Waals surface area contributed by atoms with Gasteiger partial charge in [0.25, 0.3) is 0 Å². The van der Waals surface area contributed by atoms with E-state index >= 15 is 0 Å². The number of thioether (sulfide) groups is 1. The van der Waals surface area contributed by atoms with Gasteiger partial charge in [-0.3, -0.25) is 4.79 Å². The zero-order valence-corrected chi connectivity index (χ0v) is 16.3. The van der Waals surface area contributed by atoms with E-state index < -0.39 is 0 Å². The third-order valence-corrected chi connectivity index (χ3v) is 5.84. The van der Waals surface area contributed by atoms with Gasteiger partial charge in [0.15, 0.2) is 0 Å². The molecule has 138 valence electrons. The Hall–Kier alpha value is -2.14. The molecule has 2 aromatic carbocycles. The Labute approximate surface area is 159 Å². The van der Waals surface area contributed by atoms with Gasteiger partial charge >= 0.3 is 0 Å². The van der Waals surface area contributed by atoms with E-state index in [1.807, 2.05) is 60.4 Å². The minimum atomic E-state index is -0.123. The minimum absolute atomic E-state index is 0.0576. The monoisotopic (exact) mass is 371 g/mol. The van der Waals surface area contributed by atoms with Crippen LogP contribution in [0.2, 0.25) is 0 Å². The topological polar surface area (TPSA) is 38.8 Å². The predicted octanol–water partition coefficient (Wildman–Crippen LogP) is 4.55. The molecule has 2 atom stereocenters. The highest BCUT2D eigenvalue weighted by molar-refractivity contribution is 8.00. The van der Waals surface area contributed by atoms with Crippen molar-refractivity contribution in [2.75, 3.05) is 20.8 Å². The zero-order chi connectivity index (χ0) is 18.5. The van der Waals surface area contributed by atoms with Crippen LogP contribution in [-0.2, 0) is 4.79 Å². The van der Waals surface area contributed by atoms with Crippen molar-refractivity contribution in [3.05, 3.63) is 54.1 Å². The lowest BCUT2D eigenvalue weighted by atomic mass is 10.0. The lowest BCUT2D eigenvalue weighted by Crippen LogP contribution is -2.36. The number of carbonyl (C=O) groups is 1. The van der Waals surface area contributed by atoms with Crippen LogP contribution in [-0.4, -0.2) is 36.8 Å². The van der Waals surface area contributed by atoms with Crippen LogP contribution in [0.4, 0.5) is 0 Å². The molecule has 0 saturated carbocycles. The van der Waals surface area contributed by atoms with Gasteiger partial charge in [-0.1, -0.05) is 18.2 Å². The maximum Gasteiger partial charge on any atom is 0.236 e. The first-order valence-corrected chi connectivity index (χ1v) is 9.76. The van der Waals surface area contributed by atoms with Gasteiger partial charge in [0.05, 0.1) is 25.5 Å². The molecule has 0 spiro atoms. The number of benzene rings is 2. The molecule has 2 unspecified atom stereocenters. The highest BCUT2D eigenvalue weighted by Crippen LogP contribution is 2.40. The molecular formula is C21H25NO3S. The van der Waals surface area contributed by atoms with Crippen molar-refractivity contribution in [3.63, 3.8) is 0 Å². The van der Waals surface area contributed by atoms with Gasteiger partial charge in [-0.05, 0) is 44.0 Å². The molecule has 26 heavy (non-hydrogen) atoms. The lowest BCUT2D eigenvalue weighted by molar-refractivity contribution is -0.131. The van der Waals surface area contributed by atoms with Crippen LogP contribution in [0.5, 0.6) is 11.5 Å². The molecule has 1 aliphatic rings. The molecule has 0 radical (unpaired) electrons. The highest BCUT2D eigenvalue weighted by atomic mass is 32.2. The van der Waals surface area contributed by atoms with Crippen molar-refractivity contribution < 1.29 is 14.3 Å². The van der Waals surface area contributed by atoms with Crippen molar-refractivity contribution in [3.8, 4) is 11.5 Å². The maximum atomic E-state index is 13.1. The predicted molar refractivity (Wildman–Crippen MR) is 105 cm³/mol. The van der Waals surface area contributed by atoms with E-state index in [1.165, 1.54) is 0 Å². The largest absolute Gasteiger partial charge is 0.497 e. The van der Waals surface area contributed by atoms with Crippen LogP contribution >= 0.6 is 11.8 Å². The SMILES string of the molecule is COc1ccc(C2CCCN2C(=O)C(C)Sc2ccccc2)c(OC)c1. The van der Waals surface area contributed by atoms with Crippen LogP contribution in [0.1, 0.15) is 31.4 Å². The number of hydrogen-bond donors (Lipinski definition) is 0. The van der Waals surface area contributed by atoms with Crippen molar-refractivity contribution in [1.29, 1.82) is 0 Å². The van der Waals surface area contributed by atoms with Crippen LogP contribution in [0.3, 0.4) is 0 Å². The summed E-state index contributed by atoms with van der Waals surface area (Å²) in [6.45, 7) is 2.78. The van der Waals surface area contributed by atoms with E-state index in [9.17, 15) is 4.79 Å². The van der Waals surface area contributed by atoms with Gasteiger partial charge in [-0.2, -0.15) is 0 Å². The number of ether oxygens (including phenoxy) is 2. The van der Waals surface area contributed by atoms with E-state index in [2.05, 4.69) is 0 Å². The van der Waals surface area contributed by atoms with Crippen LogP contribution < -0.4 is 9.47 Å². The Morgan fingerprint density at radius 2 is 1.92 bits per heavy atom. The van der Waals surface area contributed by atoms with E-state index in [1.54, 1.807) is 26.0 Å². The third-order valence-electron chi connectivity index (χ3n) is 4.74. The van der Waals surface area contributed by atoms with Crippen molar-refractivity contribution in [2.45, 2.75) is 36.0 Å². The third kappa shape index (κ3) is 3.98. The first-order chi connectivity index (χ1) is 12.6. The molecule has 1 saturated heterocycles. The van der Waals surface area contributed by atoms with Gasteiger partial charge in [-0.15, -0.1) is 11.8 Å². The molecule has 5 heteroatoms. The summed E-state index contributed by atoms with van der Waals surface area (Å²) in [4.78, 5) is 16.2. The van der Waals surface area contributed by atoms with Crippen molar-refractivity contribution in [1.82, 2.24) is 4.90 Å². The Balaban J connectivity index is 1.78. The summed E-state index contributed by atoms with van der Waals surface area (Å²) in [7, 11) is 3.30. The van der Waals surface area contributed by atoms with Crippen LogP contribution in [0.15, 0.2) is 53.4 Å². The number of carbonyl (C=O) groups excluding carboxylic acids is 1. The summed E-state index contributed by atoms with van der Waals surface area (Å²) in [5.41, 5.74) is 1.05. The number of amides is 1. The molecule has 1 heterocycles.